The topological polar surface area (TPSA) is 46.2 Å². The molecule has 0 radical (unpaired) electrons. The first-order chi connectivity index (χ1) is 5.52. The summed E-state index contributed by atoms with van der Waals surface area (Å²) < 4.78 is 0.783. The van der Waals surface area contributed by atoms with Crippen molar-refractivity contribution >= 4 is 11.6 Å². The summed E-state index contributed by atoms with van der Waals surface area (Å²) in [6.07, 6.45) is 0.585. The summed E-state index contributed by atoms with van der Waals surface area (Å²) in [5.41, 5.74) is 5.40. The maximum Gasteiger partial charge on any atom is 0.116 e. The van der Waals surface area contributed by atoms with Gasteiger partial charge >= 0.3 is 0 Å². The van der Waals surface area contributed by atoms with Gasteiger partial charge in [0.15, 0.2) is 0 Å². The van der Waals surface area contributed by atoms with Gasteiger partial charge in [0.05, 0.1) is 26.5 Å². The summed E-state index contributed by atoms with van der Waals surface area (Å²) >= 11 is 5.51. The molecular weight excluding hydrogens is 176 g/mol. The molecule has 0 aliphatic carbocycles. The molecule has 0 heterocycles. The fourth-order valence-corrected chi connectivity index (χ4v) is 1.33. The lowest BCUT2D eigenvalue weighted by atomic mass is 10.3. The van der Waals surface area contributed by atoms with Crippen LogP contribution in [0.25, 0.3) is 0 Å². The highest BCUT2D eigenvalue weighted by molar-refractivity contribution is 6.18. The van der Waals surface area contributed by atoms with Crippen molar-refractivity contribution in [3.8, 4) is 0 Å². The molecule has 1 unspecified atom stereocenters. The number of quaternary nitrogens is 1. The number of hydrogen-bond donors (Lipinski definition) is 2. The van der Waals surface area contributed by atoms with Crippen LogP contribution in [0.2, 0.25) is 0 Å². The summed E-state index contributed by atoms with van der Waals surface area (Å²) in [6.45, 7) is 2.40. The van der Waals surface area contributed by atoms with Gasteiger partial charge in [-0.3, -0.25) is 0 Å². The number of rotatable bonds is 6. The fourth-order valence-electron chi connectivity index (χ4n) is 1.23. The van der Waals surface area contributed by atoms with Crippen molar-refractivity contribution in [2.75, 3.05) is 39.6 Å². The summed E-state index contributed by atoms with van der Waals surface area (Å²) in [7, 11) is 4.15. The molecule has 0 bridgehead atoms. The van der Waals surface area contributed by atoms with E-state index in [2.05, 4.69) is 14.1 Å². The monoisotopic (exact) mass is 195 g/mol. The maximum atomic E-state index is 9.31. The van der Waals surface area contributed by atoms with Crippen molar-refractivity contribution in [2.24, 2.45) is 5.73 Å². The second-order valence-electron chi connectivity index (χ2n) is 3.79. The van der Waals surface area contributed by atoms with Crippen molar-refractivity contribution in [3.05, 3.63) is 0 Å². The first kappa shape index (κ1) is 12.2. The molecule has 0 rings (SSSR count). The van der Waals surface area contributed by atoms with Gasteiger partial charge < -0.3 is 15.3 Å². The summed E-state index contributed by atoms with van der Waals surface area (Å²) in [6, 6.07) is 0. The molecule has 0 saturated carbocycles. The van der Waals surface area contributed by atoms with Crippen LogP contribution in [0.1, 0.15) is 6.42 Å². The Bertz CT molecular complexity index is 120. The Hall–Kier alpha value is 0.170. The molecule has 0 fully saturated rings. The van der Waals surface area contributed by atoms with E-state index in [1.54, 1.807) is 0 Å². The summed E-state index contributed by atoms with van der Waals surface area (Å²) in [4.78, 5) is 0. The van der Waals surface area contributed by atoms with Crippen LogP contribution in [0, 0.1) is 0 Å². The molecule has 0 aromatic rings. The third kappa shape index (κ3) is 5.77. The van der Waals surface area contributed by atoms with Gasteiger partial charge in [-0.15, -0.1) is 11.6 Å². The van der Waals surface area contributed by atoms with E-state index in [4.69, 9.17) is 17.3 Å². The van der Waals surface area contributed by atoms with Gasteiger partial charge in [0.2, 0.25) is 0 Å². The Balaban J connectivity index is 3.69. The van der Waals surface area contributed by atoms with Crippen LogP contribution in [0.4, 0.5) is 0 Å². The lowest BCUT2D eigenvalue weighted by molar-refractivity contribution is -0.893. The van der Waals surface area contributed by atoms with E-state index in [-0.39, 0.29) is 0 Å². The third-order valence-corrected chi connectivity index (χ3v) is 2.21. The van der Waals surface area contributed by atoms with E-state index < -0.39 is 6.10 Å². The van der Waals surface area contributed by atoms with Gasteiger partial charge in [0.25, 0.3) is 0 Å². The molecule has 0 saturated heterocycles. The normalized spacial score (nSPS) is 14.8. The van der Waals surface area contributed by atoms with E-state index in [1.807, 2.05) is 0 Å². The molecule has 0 spiro atoms. The molecular formula is C8H20ClN2O+. The second-order valence-corrected chi connectivity index (χ2v) is 4.10. The average molecular weight is 196 g/mol. The lowest BCUT2D eigenvalue weighted by Crippen LogP contribution is -2.46. The van der Waals surface area contributed by atoms with Crippen LogP contribution < -0.4 is 5.73 Å². The molecule has 12 heavy (non-hydrogen) atoms. The van der Waals surface area contributed by atoms with Gasteiger partial charge in [0.1, 0.15) is 12.6 Å². The van der Waals surface area contributed by atoms with Gasteiger partial charge in [0, 0.05) is 6.42 Å². The molecule has 3 N–H and O–H groups in total. The zero-order chi connectivity index (χ0) is 9.61. The first-order valence-electron chi connectivity index (χ1n) is 4.28. The third-order valence-electron chi connectivity index (χ3n) is 1.85. The molecule has 3 nitrogen and oxygen atoms in total. The van der Waals surface area contributed by atoms with Gasteiger partial charge in [-0.25, -0.2) is 0 Å². The Morgan fingerprint density at radius 1 is 1.50 bits per heavy atom. The quantitative estimate of drug-likeness (QED) is 0.464. The lowest BCUT2D eigenvalue weighted by Gasteiger charge is -2.31. The van der Waals surface area contributed by atoms with E-state index in [0.717, 1.165) is 17.4 Å². The van der Waals surface area contributed by atoms with Crippen molar-refractivity contribution in [1.82, 2.24) is 0 Å². The molecule has 0 amide bonds. The molecule has 4 heteroatoms. The predicted octanol–water partition coefficient (Wildman–Crippen LogP) is 0.0113. The van der Waals surface area contributed by atoms with E-state index in [1.165, 1.54) is 0 Å². The van der Waals surface area contributed by atoms with Crippen molar-refractivity contribution < 1.29 is 9.59 Å². The van der Waals surface area contributed by atoms with Gasteiger partial charge in [-0.1, -0.05) is 0 Å². The number of aliphatic hydroxyl groups is 1. The molecule has 0 aromatic carbocycles. The van der Waals surface area contributed by atoms with E-state index in [0.29, 0.717) is 19.0 Å². The van der Waals surface area contributed by atoms with Crippen LogP contribution >= 0.6 is 11.6 Å². The molecule has 74 valence electrons. The Morgan fingerprint density at radius 2 is 2.08 bits per heavy atom. The number of hydrogen-bond acceptors (Lipinski definition) is 2. The highest BCUT2D eigenvalue weighted by Gasteiger charge is 2.18. The number of aliphatic hydroxyl groups excluding tert-OH is 1. The Labute approximate surface area is 79.7 Å². The molecule has 0 aliphatic rings. The maximum absolute atomic E-state index is 9.31. The molecule has 1 atom stereocenters. The Kier molecular flexibility index (Phi) is 5.84. The van der Waals surface area contributed by atoms with Crippen molar-refractivity contribution in [1.29, 1.82) is 0 Å². The van der Waals surface area contributed by atoms with Crippen LogP contribution in [-0.4, -0.2) is 55.3 Å². The fraction of sp³-hybridized carbons (Fsp3) is 1.00. The SMILES string of the molecule is C[N+](C)(CCCN)CC(O)CCl. The second kappa shape index (κ2) is 5.75. The highest BCUT2D eigenvalue weighted by Crippen LogP contribution is 2.02. The minimum atomic E-state index is -0.403. The van der Waals surface area contributed by atoms with Crippen LogP contribution in [0.3, 0.4) is 0 Å². The number of nitrogens with two attached hydrogens (primary N) is 1. The first-order valence-corrected chi connectivity index (χ1v) is 4.81. The van der Waals surface area contributed by atoms with Crippen molar-refractivity contribution in [2.45, 2.75) is 12.5 Å². The standard InChI is InChI=1S/C8H20ClN2O/c1-11(2,5-3-4-10)7-8(12)6-9/h8,12H,3-7,10H2,1-2H3/q+1. The zero-order valence-electron chi connectivity index (χ0n) is 7.96. The van der Waals surface area contributed by atoms with Gasteiger partial charge in [-0.2, -0.15) is 0 Å². The van der Waals surface area contributed by atoms with E-state index in [9.17, 15) is 5.11 Å². The number of halogens is 1. The highest BCUT2D eigenvalue weighted by atomic mass is 35.5. The average Bonchev–Trinajstić information content (AvgIpc) is 2.00. The minimum absolute atomic E-state index is 0.310. The smallest absolute Gasteiger partial charge is 0.116 e. The molecule has 0 aliphatic heterocycles. The number of nitrogens with zero attached hydrogens (tertiary/aromatic N) is 1. The summed E-state index contributed by atoms with van der Waals surface area (Å²) in [5.74, 6) is 0.310. The summed E-state index contributed by atoms with van der Waals surface area (Å²) in [5, 5.41) is 9.31. The van der Waals surface area contributed by atoms with E-state index >= 15 is 0 Å². The van der Waals surface area contributed by atoms with Crippen LogP contribution in [0.5, 0.6) is 0 Å². The molecule has 0 aromatic heterocycles. The zero-order valence-corrected chi connectivity index (χ0v) is 8.72. The van der Waals surface area contributed by atoms with Gasteiger partial charge in [-0.05, 0) is 6.54 Å². The van der Waals surface area contributed by atoms with Crippen molar-refractivity contribution in [3.63, 3.8) is 0 Å². The number of alkyl halides is 1. The largest absolute Gasteiger partial charge is 0.386 e. The Morgan fingerprint density at radius 3 is 2.50 bits per heavy atom. The number of likely N-dealkylation sites (N-methyl/N-ethyl adjacent to an activating group) is 1. The predicted molar refractivity (Wildman–Crippen MR) is 52.2 cm³/mol. The van der Waals surface area contributed by atoms with Crippen LogP contribution in [-0.2, 0) is 0 Å². The van der Waals surface area contributed by atoms with Crippen LogP contribution in [0.15, 0.2) is 0 Å². The minimum Gasteiger partial charge on any atom is -0.386 e.